The summed E-state index contributed by atoms with van der Waals surface area (Å²) in [5.74, 6) is -0.115. The van der Waals surface area contributed by atoms with Crippen molar-refractivity contribution < 1.29 is 12.6 Å². The molecule has 0 aliphatic heterocycles. The Labute approximate surface area is 126 Å². The zero-order valence-electron chi connectivity index (χ0n) is 12.3. The molecule has 0 aliphatic rings. The van der Waals surface area contributed by atoms with Crippen molar-refractivity contribution in [2.24, 2.45) is 0 Å². The van der Waals surface area contributed by atoms with Crippen LogP contribution in [0.1, 0.15) is 31.4 Å². The largest absolute Gasteiger partial charge is 0.272 e. The lowest BCUT2D eigenvalue weighted by Gasteiger charge is -2.28. The van der Waals surface area contributed by atoms with E-state index in [4.69, 9.17) is 4.18 Å². The van der Waals surface area contributed by atoms with Gasteiger partial charge in [-0.2, -0.15) is 8.42 Å². The molecule has 21 heavy (non-hydrogen) atoms. The lowest BCUT2D eigenvalue weighted by atomic mass is 9.94. The van der Waals surface area contributed by atoms with Gasteiger partial charge in [-0.1, -0.05) is 67.6 Å². The summed E-state index contributed by atoms with van der Waals surface area (Å²) in [6.07, 6.45) is 0.574. The van der Waals surface area contributed by atoms with E-state index in [1.165, 1.54) is 0 Å². The Morgan fingerprint density at radius 3 is 2.00 bits per heavy atom. The topological polar surface area (TPSA) is 43.4 Å². The molecule has 0 spiro atoms. The van der Waals surface area contributed by atoms with Gasteiger partial charge in [0, 0.05) is 0 Å². The van der Waals surface area contributed by atoms with E-state index in [0.717, 1.165) is 11.1 Å². The number of hydrogen-bond donors (Lipinski definition) is 0. The van der Waals surface area contributed by atoms with Crippen molar-refractivity contribution in [1.29, 1.82) is 0 Å². The van der Waals surface area contributed by atoms with E-state index in [-0.39, 0.29) is 5.75 Å². The third-order valence-corrected chi connectivity index (χ3v) is 4.86. The molecule has 0 aliphatic carbocycles. The molecule has 0 heterocycles. The Morgan fingerprint density at radius 2 is 1.48 bits per heavy atom. The minimum Gasteiger partial charge on any atom is -0.259 e. The Bertz CT molecular complexity index is 666. The fraction of sp³-hybridized carbons (Fsp3) is 0.294. The SMILES string of the molecule is CCC(C)(OS(=O)(=O)Cc1ccccc1)c1ccccc1. The average Bonchev–Trinajstić information content (AvgIpc) is 2.48. The van der Waals surface area contributed by atoms with E-state index >= 15 is 0 Å². The van der Waals surface area contributed by atoms with Gasteiger partial charge in [-0.05, 0) is 24.5 Å². The lowest BCUT2D eigenvalue weighted by Crippen LogP contribution is -2.29. The first kappa shape index (κ1) is 15.7. The van der Waals surface area contributed by atoms with Gasteiger partial charge in [0.05, 0.1) is 0 Å². The lowest BCUT2D eigenvalue weighted by molar-refractivity contribution is 0.0907. The summed E-state index contributed by atoms with van der Waals surface area (Å²) in [6, 6.07) is 18.5. The smallest absolute Gasteiger partial charge is 0.259 e. The maximum atomic E-state index is 12.3. The molecule has 0 saturated heterocycles. The van der Waals surface area contributed by atoms with Crippen molar-refractivity contribution >= 4 is 10.1 Å². The number of rotatable bonds is 6. The van der Waals surface area contributed by atoms with E-state index in [1.54, 1.807) is 12.1 Å². The Morgan fingerprint density at radius 1 is 0.952 bits per heavy atom. The van der Waals surface area contributed by atoms with Crippen LogP contribution in [0.4, 0.5) is 0 Å². The van der Waals surface area contributed by atoms with Crippen LogP contribution in [0.3, 0.4) is 0 Å². The molecule has 112 valence electrons. The van der Waals surface area contributed by atoms with Crippen LogP contribution in [0.2, 0.25) is 0 Å². The zero-order chi connectivity index (χ0) is 15.3. The highest BCUT2D eigenvalue weighted by molar-refractivity contribution is 7.85. The normalized spacial score (nSPS) is 14.6. The minimum atomic E-state index is -3.65. The summed E-state index contributed by atoms with van der Waals surface area (Å²) in [6.45, 7) is 3.73. The zero-order valence-corrected chi connectivity index (χ0v) is 13.1. The summed E-state index contributed by atoms with van der Waals surface area (Å²) in [4.78, 5) is 0. The van der Waals surface area contributed by atoms with Crippen LogP contribution in [0.5, 0.6) is 0 Å². The fourth-order valence-electron chi connectivity index (χ4n) is 2.19. The van der Waals surface area contributed by atoms with Crippen molar-refractivity contribution in [3.8, 4) is 0 Å². The van der Waals surface area contributed by atoms with Gasteiger partial charge in [-0.25, -0.2) is 0 Å². The quantitative estimate of drug-likeness (QED) is 0.761. The van der Waals surface area contributed by atoms with E-state index in [1.807, 2.05) is 62.4 Å². The van der Waals surface area contributed by atoms with Crippen LogP contribution in [-0.4, -0.2) is 8.42 Å². The maximum Gasteiger partial charge on any atom is 0.272 e. The van der Waals surface area contributed by atoms with Crippen molar-refractivity contribution in [2.45, 2.75) is 31.6 Å². The second-order valence-electron chi connectivity index (χ2n) is 5.22. The third-order valence-electron chi connectivity index (χ3n) is 3.56. The van der Waals surface area contributed by atoms with Crippen LogP contribution in [0, 0.1) is 0 Å². The molecule has 2 aromatic carbocycles. The predicted octanol–water partition coefficient (Wildman–Crippen LogP) is 3.86. The summed E-state index contributed by atoms with van der Waals surface area (Å²) < 4.78 is 30.2. The second-order valence-corrected chi connectivity index (χ2v) is 6.79. The maximum absolute atomic E-state index is 12.3. The standard InChI is InChI=1S/C17H20O3S/c1-3-17(2,16-12-8-5-9-13-16)20-21(18,19)14-15-10-6-4-7-11-15/h4-13H,3,14H2,1-2H3. The molecule has 3 nitrogen and oxygen atoms in total. The van der Waals surface area contributed by atoms with E-state index in [0.29, 0.717) is 6.42 Å². The van der Waals surface area contributed by atoms with Crippen molar-refractivity contribution in [3.63, 3.8) is 0 Å². The van der Waals surface area contributed by atoms with Gasteiger partial charge >= 0.3 is 0 Å². The van der Waals surface area contributed by atoms with E-state index in [2.05, 4.69) is 0 Å². The minimum absolute atomic E-state index is 0.115. The van der Waals surface area contributed by atoms with Crippen molar-refractivity contribution in [1.82, 2.24) is 0 Å². The van der Waals surface area contributed by atoms with Crippen molar-refractivity contribution in [2.75, 3.05) is 0 Å². The van der Waals surface area contributed by atoms with Gasteiger partial charge in [0.25, 0.3) is 10.1 Å². The van der Waals surface area contributed by atoms with Crippen LogP contribution in [-0.2, 0) is 25.7 Å². The Kier molecular flexibility index (Phi) is 4.80. The summed E-state index contributed by atoms with van der Waals surface area (Å²) in [5.41, 5.74) is 0.752. The second kappa shape index (κ2) is 6.41. The van der Waals surface area contributed by atoms with Crippen LogP contribution >= 0.6 is 0 Å². The first-order chi connectivity index (χ1) is 9.95. The summed E-state index contributed by atoms with van der Waals surface area (Å²) in [5, 5.41) is 0. The molecule has 0 aromatic heterocycles. The van der Waals surface area contributed by atoms with Gasteiger partial charge in [-0.15, -0.1) is 0 Å². The monoisotopic (exact) mass is 304 g/mol. The van der Waals surface area contributed by atoms with Crippen LogP contribution in [0.25, 0.3) is 0 Å². The van der Waals surface area contributed by atoms with Crippen LogP contribution < -0.4 is 0 Å². The molecular formula is C17H20O3S. The van der Waals surface area contributed by atoms with Gasteiger partial charge in [0.15, 0.2) is 0 Å². The molecule has 0 fully saturated rings. The number of hydrogen-bond acceptors (Lipinski definition) is 3. The molecule has 4 heteroatoms. The molecular weight excluding hydrogens is 284 g/mol. The molecule has 0 saturated carbocycles. The molecule has 0 N–H and O–H groups in total. The predicted molar refractivity (Wildman–Crippen MR) is 84.2 cm³/mol. The molecule has 0 radical (unpaired) electrons. The number of benzene rings is 2. The first-order valence-corrected chi connectivity index (χ1v) is 8.56. The van der Waals surface area contributed by atoms with Gasteiger partial charge < -0.3 is 0 Å². The summed E-state index contributed by atoms with van der Waals surface area (Å²) in [7, 11) is -3.65. The van der Waals surface area contributed by atoms with Gasteiger partial charge in [0.2, 0.25) is 0 Å². The molecule has 0 bridgehead atoms. The molecule has 2 aromatic rings. The first-order valence-electron chi connectivity index (χ1n) is 6.98. The Hall–Kier alpha value is -1.65. The summed E-state index contributed by atoms with van der Waals surface area (Å²) >= 11 is 0. The van der Waals surface area contributed by atoms with Gasteiger partial charge in [0.1, 0.15) is 11.4 Å². The highest BCUT2D eigenvalue weighted by Gasteiger charge is 2.31. The fourth-order valence-corrected chi connectivity index (χ4v) is 3.62. The average molecular weight is 304 g/mol. The van der Waals surface area contributed by atoms with Crippen molar-refractivity contribution in [3.05, 3.63) is 71.8 Å². The molecule has 0 amide bonds. The third kappa shape index (κ3) is 4.16. The molecule has 1 atom stereocenters. The molecule has 2 rings (SSSR count). The highest BCUT2D eigenvalue weighted by Crippen LogP contribution is 2.31. The molecule has 1 unspecified atom stereocenters. The highest BCUT2D eigenvalue weighted by atomic mass is 32.2. The Balaban J connectivity index is 2.21. The van der Waals surface area contributed by atoms with E-state index < -0.39 is 15.7 Å². The van der Waals surface area contributed by atoms with Crippen LogP contribution in [0.15, 0.2) is 60.7 Å². The van der Waals surface area contributed by atoms with Gasteiger partial charge in [-0.3, -0.25) is 4.18 Å². The van der Waals surface area contributed by atoms with E-state index in [9.17, 15) is 8.42 Å².